The minimum absolute atomic E-state index is 0. The topological polar surface area (TPSA) is 416 Å². The van der Waals surface area contributed by atoms with Gasteiger partial charge < -0.3 is 106 Å². The first-order chi connectivity index (χ1) is 57.2. The van der Waals surface area contributed by atoms with Crippen LogP contribution in [0, 0.1) is 23.7 Å². The second-order valence-corrected chi connectivity index (χ2v) is 29.0. The molecule has 25 nitrogen and oxygen atoms in total. The number of nitrogens with one attached hydrogen (secondary N) is 4. The Labute approximate surface area is 863 Å². The van der Waals surface area contributed by atoms with E-state index >= 15 is 0 Å². The molecule has 666 valence electrons. The van der Waals surface area contributed by atoms with Crippen LogP contribution in [0.25, 0.3) is 44.5 Å². The molecule has 0 fully saturated rings. The Morgan fingerprint density at radius 2 is 0.504 bits per heavy atom. The van der Waals surface area contributed by atoms with E-state index in [1.807, 2.05) is 194 Å². The monoisotopic (exact) mass is 1860 g/mol. The van der Waals surface area contributed by atoms with Gasteiger partial charge in [0.25, 0.3) is 0 Å². The second-order valence-electron chi connectivity index (χ2n) is 29.0. The van der Waals surface area contributed by atoms with Crippen LogP contribution >= 0.6 is 0 Å². The van der Waals surface area contributed by atoms with E-state index in [4.69, 9.17) is 24.1 Å². The summed E-state index contributed by atoms with van der Waals surface area (Å²) in [7, 11) is 0. The Kier molecular flexibility index (Phi) is 71.7. The average Bonchev–Trinajstić information content (AvgIpc) is 0.867. The number of esters is 4. The summed E-state index contributed by atoms with van der Waals surface area (Å²) < 4.78 is 20.3. The van der Waals surface area contributed by atoms with E-state index in [1.54, 1.807) is 61.7 Å². The number of carboxylic acids is 3. The van der Waals surface area contributed by atoms with E-state index in [0.29, 0.717) is 77.8 Å². The number of carbonyl (C=O) groups is 11. The van der Waals surface area contributed by atoms with E-state index in [0.717, 1.165) is 66.8 Å². The summed E-state index contributed by atoms with van der Waals surface area (Å²) in [5.41, 5.74) is 13.0. The van der Waals surface area contributed by atoms with Crippen molar-refractivity contribution in [2.24, 2.45) is 23.7 Å². The number of hydrogen-bond donors (Lipinski definition) is 5. The van der Waals surface area contributed by atoms with Crippen LogP contribution in [0.2, 0.25) is 0 Å². The number of aliphatic carboxylic acids is 3. The first-order valence-electron chi connectivity index (χ1n) is 40.6. The predicted molar refractivity (Wildman–Crippen MR) is 467 cm³/mol. The van der Waals surface area contributed by atoms with Crippen LogP contribution in [0.3, 0.4) is 0 Å². The summed E-state index contributed by atoms with van der Waals surface area (Å²) in [6, 6.07) is 71.4. The molecule has 0 spiro atoms. The van der Waals surface area contributed by atoms with Crippen LogP contribution in [-0.2, 0) is 102 Å². The summed E-state index contributed by atoms with van der Waals surface area (Å²) in [4.78, 5) is 139. The van der Waals surface area contributed by atoms with Gasteiger partial charge in [0, 0.05) is 61.8 Å². The maximum atomic E-state index is 12.2. The molecule has 7 N–H and O–H groups in total. The fraction of sp³-hybridized carbons (Fsp3) is 0.375. The molecular formula is C96H115Ca2Cl2N4Na2O21-. The molecule has 127 heavy (non-hydrogen) atoms. The second kappa shape index (κ2) is 72.3. The standard InChI is InChI=1S/3C24H29NO5.C24H28NO4.2Ca.2ClH.2Na.2H2O/c3*1-3-30-24(29)17(2)15-21(25-22(26)13-14-23(27)28)16-18-9-11-20(12-10-18)19-7-5-4-6-8-19;1-3-29-24(28)18(2)16-22(25-23(27)10-7-15-26)17-19-11-13-21(14-12-19)20-8-5-4-6-9-20;;;;;;;;/h3*4-12,17,21H,3,13-16H2,1-2H3,(H,25,26)(H,27,28);4-6,8-9,11-14,18,22H,3,7,10,16-17H2,1-2H3,(H,25,27);;;2*1H;;;2*1H2/q;;;-1;2*+2;;;2*+1;;/p-6/t3*17-,21?;18-,22?;;;;;;;;/m1111......../s1. The Hall–Kier alpha value is -7.38. The first-order valence-corrected chi connectivity index (χ1v) is 40.6. The fourth-order valence-electron chi connectivity index (χ4n) is 13.0. The number of halogens is 2. The zero-order valence-electron chi connectivity index (χ0n) is 74.4. The van der Waals surface area contributed by atoms with Crippen LogP contribution in [0.4, 0.5) is 0 Å². The Morgan fingerprint density at radius 3 is 0.685 bits per heavy atom. The molecular weight excluding hydrogens is 1740 g/mol. The van der Waals surface area contributed by atoms with Gasteiger partial charge in [0.1, 0.15) is 0 Å². The molecule has 0 radical (unpaired) electrons. The van der Waals surface area contributed by atoms with Gasteiger partial charge in [0.15, 0.2) is 0 Å². The minimum Gasteiger partial charge on any atom is -1.00 e. The van der Waals surface area contributed by atoms with Crippen molar-refractivity contribution in [2.75, 3.05) is 26.4 Å². The molecule has 8 atom stereocenters. The summed E-state index contributed by atoms with van der Waals surface area (Å²) in [6.45, 7) is 15.3. The number of benzene rings is 8. The quantitative estimate of drug-likeness (QED) is 0.0140. The third-order valence-corrected chi connectivity index (χ3v) is 19.1. The summed E-state index contributed by atoms with van der Waals surface area (Å²) in [5, 5.41) is 41.6. The minimum atomic E-state index is -1.27. The van der Waals surface area contributed by atoms with Gasteiger partial charge in [-0.2, -0.15) is 0 Å². The molecule has 8 aromatic carbocycles. The third-order valence-electron chi connectivity index (χ3n) is 19.1. The van der Waals surface area contributed by atoms with Gasteiger partial charge in [-0.1, -0.05) is 246 Å². The smallest absolute Gasteiger partial charge is 1.00 e. The van der Waals surface area contributed by atoms with Crippen molar-refractivity contribution < 1.29 is 187 Å². The van der Waals surface area contributed by atoms with E-state index in [9.17, 15) is 67.7 Å². The van der Waals surface area contributed by atoms with E-state index in [1.165, 1.54) is 0 Å². The molecule has 0 saturated heterocycles. The third kappa shape index (κ3) is 52.3. The molecule has 0 heterocycles. The van der Waals surface area contributed by atoms with Gasteiger partial charge in [-0.15, -0.1) is 6.42 Å². The molecule has 0 bridgehead atoms. The van der Waals surface area contributed by atoms with Crippen molar-refractivity contribution in [3.63, 3.8) is 0 Å². The molecule has 0 aliphatic rings. The first kappa shape index (κ1) is 126. The zero-order valence-corrected chi connectivity index (χ0v) is 84.3. The maximum absolute atomic E-state index is 12.2. The van der Waals surface area contributed by atoms with Crippen molar-refractivity contribution in [3.05, 3.63) is 241 Å². The SMILES string of the molecule is CCOC(=O)[C@H](C)CC(Cc1ccc(-c2ccccc2)cc1)NC(=O)CCC(=O)O.CCOC(=O)[C@H](C)CC(Cc1ccc(-c2ccccc2)cc1)NC(=O)CCC(=O)[O-].CCOC(=O)[C@H](C)CC(Cc1ccc(-c2ccccc2)cc1)NC(=O)CCC(=O)[O-].CCOC(=O)[C@H](C)CC(Cc1ccc(-c2ccccc2)cc1)NC(=O)CC[C-]=O.[Ca+2].[Ca+2].[Cl-].[Cl-].[Na+].[Na+].[OH-].[OH-]. The maximum Gasteiger partial charge on any atom is 2.00 e. The molecule has 8 aromatic rings. The number of ether oxygens (including phenoxy) is 4. The van der Waals surface area contributed by atoms with Crippen molar-refractivity contribution in [2.45, 2.75) is 182 Å². The summed E-state index contributed by atoms with van der Waals surface area (Å²) >= 11 is 0. The van der Waals surface area contributed by atoms with Gasteiger partial charge in [-0.3, -0.25) is 49.4 Å². The summed E-state index contributed by atoms with van der Waals surface area (Å²) in [6.07, 6.45) is 4.47. The molecule has 8 rings (SSSR count). The van der Waals surface area contributed by atoms with Gasteiger partial charge in [-0.05, 0) is 159 Å². The number of hydrogen-bond acceptors (Lipinski definition) is 20. The molecule has 0 aliphatic carbocycles. The van der Waals surface area contributed by atoms with Crippen molar-refractivity contribution in [3.8, 4) is 44.5 Å². The average molecular weight is 1860 g/mol. The molecule has 0 aliphatic heterocycles. The van der Waals surface area contributed by atoms with Gasteiger partial charge in [0.2, 0.25) is 23.6 Å². The van der Waals surface area contributed by atoms with Crippen molar-refractivity contribution in [1.29, 1.82) is 0 Å². The molecule has 4 amide bonds. The van der Waals surface area contributed by atoms with Crippen LogP contribution in [0.1, 0.15) is 155 Å². The van der Waals surface area contributed by atoms with Crippen LogP contribution < -0.4 is 115 Å². The van der Waals surface area contributed by atoms with Crippen LogP contribution in [-0.4, -0.2) is 214 Å². The predicted octanol–water partition coefficient (Wildman–Crippen LogP) is -0.404. The molecule has 4 unspecified atom stereocenters. The zero-order chi connectivity index (χ0) is 86.9. The number of carbonyl (C=O) groups excluding carboxylic acids is 11. The van der Waals surface area contributed by atoms with E-state index < -0.39 is 17.9 Å². The summed E-state index contributed by atoms with van der Waals surface area (Å²) in [5.74, 6) is -7.53. The Morgan fingerprint density at radius 1 is 0.315 bits per heavy atom. The van der Waals surface area contributed by atoms with Gasteiger partial charge >= 0.3 is 164 Å². The largest absolute Gasteiger partial charge is 2.00 e. The Balaban J connectivity index is -0.000000778. The number of rotatable bonds is 44. The molecule has 0 saturated carbocycles. The normalized spacial score (nSPS) is 11.8. The van der Waals surface area contributed by atoms with E-state index in [-0.39, 0.29) is 317 Å². The number of carboxylic acid groups (broad SMARTS) is 3. The molecule has 0 aromatic heterocycles. The fourth-order valence-corrected chi connectivity index (χ4v) is 13.0. The van der Waals surface area contributed by atoms with Gasteiger partial charge in [0.05, 0.1) is 56.5 Å². The molecule has 31 heteroatoms. The number of amides is 4. The van der Waals surface area contributed by atoms with Crippen LogP contribution in [0.15, 0.2) is 218 Å². The van der Waals surface area contributed by atoms with Gasteiger partial charge in [-0.25, -0.2) is 0 Å². The van der Waals surface area contributed by atoms with Crippen LogP contribution in [0.5, 0.6) is 0 Å². The van der Waals surface area contributed by atoms with Crippen molar-refractivity contribution in [1.82, 2.24) is 21.3 Å². The van der Waals surface area contributed by atoms with E-state index in [2.05, 4.69) is 45.5 Å². The Bertz CT molecular complexity index is 4130. The van der Waals surface area contributed by atoms with Crippen molar-refractivity contribution >= 4 is 147 Å².